The van der Waals surface area contributed by atoms with Crippen LogP contribution in [0.5, 0.6) is 0 Å². The minimum Gasteiger partial charge on any atom is -0.448 e. The average Bonchev–Trinajstić information content (AvgIpc) is 2.84. The highest BCUT2D eigenvalue weighted by Gasteiger charge is 2.25. The van der Waals surface area contributed by atoms with Crippen molar-refractivity contribution in [1.82, 2.24) is 9.88 Å². The number of carbonyl (C=O) groups excluding carboxylic acids is 1. The van der Waals surface area contributed by atoms with Gasteiger partial charge < -0.3 is 14.1 Å². The first-order valence-corrected chi connectivity index (χ1v) is 7.66. The van der Waals surface area contributed by atoms with Crippen molar-refractivity contribution in [1.29, 1.82) is 0 Å². The van der Waals surface area contributed by atoms with Crippen LogP contribution in [0.3, 0.4) is 0 Å². The Labute approximate surface area is 134 Å². The topological polar surface area (TPSA) is 55.6 Å². The monoisotopic (exact) mass is 318 g/mol. The van der Waals surface area contributed by atoms with E-state index in [1.165, 1.54) is 12.3 Å². The summed E-state index contributed by atoms with van der Waals surface area (Å²) < 4.78 is 24.5. The predicted molar refractivity (Wildman–Crippen MR) is 81.6 cm³/mol. The summed E-state index contributed by atoms with van der Waals surface area (Å²) in [5.74, 6) is 0.112. The lowest BCUT2D eigenvalue weighted by molar-refractivity contribution is 0.0731. The number of hydrogen-bond acceptors (Lipinski definition) is 4. The van der Waals surface area contributed by atoms with Gasteiger partial charge in [-0.3, -0.25) is 4.79 Å². The maximum Gasteiger partial charge on any atom is 0.275 e. The normalized spacial score (nSPS) is 18.7. The quantitative estimate of drug-likeness (QED) is 0.872. The second-order valence-electron chi connectivity index (χ2n) is 5.74. The fraction of sp³-hybridized carbons (Fsp3) is 0.412. The summed E-state index contributed by atoms with van der Waals surface area (Å²) in [7, 11) is 0. The van der Waals surface area contributed by atoms with Gasteiger partial charge in [-0.15, -0.1) is 0 Å². The molecule has 23 heavy (non-hydrogen) atoms. The molecule has 122 valence electrons. The van der Waals surface area contributed by atoms with Gasteiger partial charge in [0.05, 0.1) is 13.2 Å². The zero-order valence-electron chi connectivity index (χ0n) is 13.0. The average molecular weight is 318 g/mol. The van der Waals surface area contributed by atoms with Gasteiger partial charge in [0.2, 0.25) is 0 Å². The first kappa shape index (κ1) is 15.7. The van der Waals surface area contributed by atoms with Crippen LogP contribution >= 0.6 is 0 Å². The van der Waals surface area contributed by atoms with Gasteiger partial charge in [0.15, 0.2) is 11.6 Å². The Bertz CT molecular complexity index is 686. The Morgan fingerprint density at radius 2 is 2.26 bits per heavy atom. The van der Waals surface area contributed by atoms with E-state index in [4.69, 9.17) is 9.15 Å². The molecular formula is C17H19FN2O3. The van der Waals surface area contributed by atoms with E-state index in [0.717, 1.165) is 0 Å². The van der Waals surface area contributed by atoms with Crippen molar-refractivity contribution in [2.24, 2.45) is 5.92 Å². The van der Waals surface area contributed by atoms with Crippen molar-refractivity contribution in [2.45, 2.75) is 13.3 Å². The number of aryl methyl sites for hydroxylation is 1. The number of amides is 1. The summed E-state index contributed by atoms with van der Waals surface area (Å²) in [6, 6.07) is 6.71. The molecule has 0 radical (unpaired) electrons. The Hall–Kier alpha value is -2.21. The van der Waals surface area contributed by atoms with Crippen LogP contribution in [0.15, 0.2) is 34.9 Å². The van der Waals surface area contributed by atoms with Gasteiger partial charge in [-0.05, 0) is 18.1 Å². The standard InChI is InChI=1S/C17H19FN2O3/c1-12-19-16(11-23-12)17(21)20-6-7-22-10-13(9-20)8-14-4-2-3-5-15(14)18/h2-5,11,13H,6-10H2,1H3. The lowest BCUT2D eigenvalue weighted by atomic mass is 9.99. The number of aromatic nitrogens is 1. The minimum absolute atomic E-state index is 0.0475. The fourth-order valence-electron chi connectivity index (χ4n) is 2.79. The number of carbonyl (C=O) groups is 1. The molecule has 1 saturated heterocycles. The molecule has 1 aromatic carbocycles. The minimum atomic E-state index is -0.221. The highest BCUT2D eigenvalue weighted by atomic mass is 19.1. The molecule has 0 spiro atoms. The molecule has 3 rings (SSSR count). The smallest absolute Gasteiger partial charge is 0.275 e. The first-order chi connectivity index (χ1) is 11.1. The van der Waals surface area contributed by atoms with E-state index in [1.807, 2.05) is 6.07 Å². The van der Waals surface area contributed by atoms with Crippen molar-refractivity contribution in [3.63, 3.8) is 0 Å². The lowest BCUT2D eigenvalue weighted by Gasteiger charge is -2.22. The summed E-state index contributed by atoms with van der Waals surface area (Å²) in [5, 5.41) is 0. The van der Waals surface area contributed by atoms with E-state index < -0.39 is 0 Å². The van der Waals surface area contributed by atoms with Crippen LogP contribution < -0.4 is 0 Å². The largest absolute Gasteiger partial charge is 0.448 e. The third-order valence-electron chi connectivity index (χ3n) is 3.93. The molecule has 6 heteroatoms. The molecule has 0 saturated carbocycles. The number of nitrogens with zero attached hydrogens (tertiary/aromatic N) is 2. The molecule has 2 aromatic rings. The number of rotatable bonds is 3. The molecule has 1 amide bonds. The fourth-order valence-corrected chi connectivity index (χ4v) is 2.79. The molecule has 1 aromatic heterocycles. The van der Waals surface area contributed by atoms with Crippen molar-refractivity contribution in [2.75, 3.05) is 26.3 Å². The van der Waals surface area contributed by atoms with Crippen LogP contribution in [0, 0.1) is 18.7 Å². The van der Waals surface area contributed by atoms with Crippen LogP contribution in [0.4, 0.5) is 4.39 Å². The summed E-state index contributed by atoms with van der Waals surface area (Å²) in [4.78, 5) is 18.3. The summed E-state index contributed by atoms with van der Waals surface area (Å²) in [6.45, 7) is 3.69. The van der Waals surface area contributed by atoms with Gasteiger partial charge in [0, 0.05) is 25.9 Å². The molecule has 0 aliphatic carbocycles. The number of halogens is 1. The van der Waals surface area contributed by atoms with Crippen molar-refractivity contribution >= 4 is 5.91 Å². The van der Waals surface area contributed by atoms with E-state index in [0.29, 0.717) is 49.9 Å². The molecule has 2 heterocycles. The third-order valence-corrected chi connectivity index (χ3v) is 3.93. The van der Waals surface area contributed by atoms with Gasteiger partial charge in [0.1, 0.15) is 12.1 Å². The molecule has 1 atom stereocenters. The molecule has 0 N–H and O–H groups in total. The SMILES string of the molecule is Cc1nc(C(=O)N2CCOCC(Cc3ccccc3F)C2)co1. The summed E-state index contributed by atoms with van der Waals surface area (Å²) in [5.41, 5.74) is 0.946. The predicted octanol–water partition coefficient (Wildman–Crippen LogP) is 2.45. The van der Waals surface area contributed by atoms with Crippen molar-refractivity contribution < 1.29 is 18.3 Å². The number of hydrogen-bond donors (Lipinski definition) is 0. The molecule has 1 aliphatic heterocycles. The molecular weight excluding hydrogens is 299 g/mol. The van der Waals surface area contributed by atoms with Crippen LogP contribution in [0.25, 0.3) is 0 Å². The van der Waals surface area contributed by atoms with E-state index >= 15 is 0 Å². The van der Waals surface area contributed by atoms with E-state index in [9.17, 15) is 9.18 Å². The first-order valence-electron chi connectivity index (χ1n) is 7.66. The molecule has 0 bridgehead atoms. The molecule has 1 unspecified atom stereocenters. The Morgan fingerprint density at radius 3 is 3.00 bits per heavy atom. The number of ether oxygens (including phenoxy) is 1. The van der Waals surface area contributed by atoms with E-state index in [-0.39, 0.29) is 17.6 Å². The summed E-state index contributed by atoms with van der Waals surface area (Å²) in [6.07, 6.45) is 1.91. The highest BCUT2D eigenvalue weighted by molar-refractivity contribution is 5.92. The highest BCUT2D eigenvalue weighted by Crippen LogP contribution is 2.18. The van der Waals surface area contributed by atoms with Crippen LogP contribution in [-0.4, -0.2) is 42.1 Å². The van der Waals surface area contributed by atoms with Gasteiger partial charge in [0.25, 0.3) is 5.91 Å². The van der Waals surface area contributed by atoms with E-state index in [2.05, 4.69) is 4.98 Å². The van der Waals surface area contributed by atoms with Crippen LogP contribution in [-0.2, 0) is 11.2 Å². The third kappa shape index (κ3) is 3.76. The van der Waals surface area contributed by atoms with Gasteiger partial charge >= 0.3 is 0 Å². The van der Waals surface area contributed by atoms with Gasteiger partial charge in [-0.1, -0.05) is 18.2 Å². The van der Waals surface area contributed by atoms with Gasteiger partial charge in [-0.2, -0.15) is 0 Å². The van der Waals surface area contributed by atoms with Gasteiger partial charge in [-0.25, -0.2) is 9.37 Å². The Morgan fingerprint density at radius 1 is 1.43 bits per heavy atom. The number of benzene rings is 1. The van der Waals surface area contributed by atoms with E-state index in [1.54, 1.807) is 24.0 Å². The van der Waals surface area contributed by atoms with Crippen molar-refractivity contribution in [3.05, 3.63) is 53.5 Å². The molecule has 1 fully saturated rings. The van der Waals surface area contributed by atoms with Crippen LogP contribution in [0.1, 0.15) is 21.9 Å². The van der Waals surface area contributed by atoms with Crippen LogP contribution in [0.2, 0.25) is 0 Å². The second-order valence-corrected chi connectivity index (χ2v) is 5.74. The number of oxazole rings is 1. The Balaban J connectivity index is 1.71. The zero-order valence-corrected chi connectivity index (χ0v) is 13.0. The molecule has 1 aliphatic rings. The maximum absolute atomic E-state index is 13.8. The van der Waals surface area contributed by atoms with Crippen molar-refractivity contribution in [3.8, 4) is 0 Å². The molecule has 5 nitrogen and oxygen atoms in total. The maximum atomic E-state index is 13.8. The lowest BCUT2D eigenvalue weighted by Crippen LogP contribution is -2.36. The second kappa shape index (κ2) is 6.91. The zero-order chi connectivity index (χ0) is 16.2. The summed E-state index contributed by atoms with van der Waals surface area (Å²) >= 11 is 0. The Kier molecular flexibility index (Phi) is 4.71.